The Hall–Kier alpha value is -1.95. The SMILES string of the molecule is CN(C)CCCNC(=O)c1cccc(C(=O)NC2CC2)n1. The van der Waals surface area contributed by atoms with Crippen molar-refractivity contribution in [2.24, 2.45) is 0 Å². The Bertz CT molecular complexity index is 512. The quantitative estimate of drug-likeness (QED) is 0.723. The predicted octanol–water partition coefficient (Wildman–Crippen LogP) is 0.655. The molecule has 0 atom stereocenters. The number of nitrogens with one attached hydrogen (secondary N) is 2. The maximum absolute atomic E-state index is 12.0. The van der Waals surface area contributed by atoms with E-state index in [-0.39, 0.29) is 23.6 Å². The summed E-state index contributed by atoms with van der Waals surface area (Å²) in [5, 5.41) is 5.68. The van der Waals surface area contributed by atoms with Gasteiger partial charge in [0.25, 0.3) is 11.8 Å². The topological polar surface area (TPSA) is 74.3 Å². The van der Waals surface area contributed by atoms with Crippen LogP contribution in [0.3, 0.4) is 0 Å². The molecular formula is C15H22N4O2. The summed E-state index contributed by atoms with van der Waals surface area (Å²) in [4.78, 5) is 30.1. The van der Waals surface area contributed by atoms with Gasteiger partial charge in [-0.2, -0.15) is 0 Å². The molecule has 0 bridgehead atoms. The van der Waals surface area contributed by atoms with Gasteiger partial charge in [0.05, 0.1) is 0 Å². The third kappa shape index (κ3) is 5.15. The molecule has 1 aliphatic carbocycles. The van der Waals surface area contributed by atoms with E-state index in [1.807, 2.05) is 14.1 Å². The standard InChI is InChI=1S/C15H22N4O2/c1-19(2)10-4-9-16-14(20)12-5-3-6-13(18-12)15(21)17-11-7-8-11/h3,5-6,11H,4,7-10H2,1-2H3,(H,16,20)(H,17,21). The summed E-state index contributed by atoms with van der Waals surface area (Å²) in [6, 6.07) is 5.21. The summed E-state index contributed by atoms with van der Waals surface area (Å²) in [6.07, 6.45) is 2.93. The van der Waals surface area contributed by atoms with Crippen LogP contribution in [0.5, 0.6) is 0 Å². The Morgan fingerprint density at radius 2 is 1.90 bits per heavy atom. The normalized spacial score (nSPS) is 14.0. The van der Waals surface area contributed by atoms with Crippen molar-refractivity contribution in [1.29, 1.82) is 0 Å². The van der Waals surface area contributed by atoms with Crippen LogP contribution in [0.15, 0.2) is 18.2 Å². The lowest BCUT2D eigenvalue weighted by Gasteiger charge is -2.10. The Kier molecular flexibility index (Phi) is 5.27. The second-order valence-corrected chi connectivity index (χ2v) is 5.57. The fourth-order valence-electron chi connectivity index (χ4n) is 1.86. The maximum Gasteiger partial charge on any atom is 0.270 e. The van der Waals surface area contributed by atoms with Gasteiger partial charge in [0.1, 0.15) is 11.4 Å². The van der Waals surface area contributed by atoms with Gasteiger partial charge in [-0.3, -0.25) is 9.59 Å². The van der Waals surface area contributed by atoms with Crippen molar-refractivity contribution in [3.05, 3.63) is 29.6 Å². The molecule has 2 N–H and O–H groups in total. The molecule has 1 aliphatic rings. The van der Waals surface area contributed by atoms with Gasteiger partial charge >= 0.3 is 0 Å². The third-order valence-electron chi connectivity index (χ3n) is 3.19. The van der Waals surface area contributed by atoms with Crippen LogP contribution >= 0.6 is 0 Å². The van der Waals surface area contributed by atoms with Crippen LogP contribution in [0, 0.1) is 0 Å². The van der Waals surface area contributed by atoms with Gasteiger partial charge in [0.2, 0.25) is 0 Å². The molecule has 1 heterocycles. The fraction of sp³-hybridized carbons (Fsp3) is 0.533. The lowest BCUT2D eigenvalue weighted by atomic mass is 10.2. The fourth-order valence-corrected chi connectivity index (χ4v) is 1.86. The predicted molar refractivity (Wildman–Crippen MR) is 80.2 cm³/mol. The van der Waals surface area contributed by atoms with Crippen LogP contribution in [0.1, 0.15) is 40.2 Å². The monoisotopic (exact) mass is 290 g/mol. The van der Waals surface area contributed by atoms with E-state index in [0.717, 1.165) is 25.8 Å². The molecule has 1 aromatic heterocycles. The van der Waals surface area contributed by atoms with Crippen molar-refractivity contribution < 1.29 is 9.59 Å². The lowest BCUT2D eigenvalue weighted by molar-refractivity contribution is 0.0942. The molecule has 6 nitrogen and oxygen atoms in total. The largest absolute Gasteiger partial charge is 0.351 e. The molecule has 0 aromatic carbocycles. The summed E-state index contributed by atoms with van der Waals surface area (Å²) in [7, 11) is 3.98. The number of carbonyl (C=O) groups is 2. The zero-order valence-electron chi connectivity index (χ0n) is 12.6. The molecule has 2 rings (SSSR count). The van der Waals surface area contributed by atoms with Crippen molar-refractivity contribution in [3.63, 3.8) is 0 Å². The van der Waals surface area contributed by atoms with Gasteiger partial charge in [-0.05, 0) is 52.0 Å². The highest BCUT2D eigenvalue weighted by molar-refractivity contribution is 5.96. The van der Waals surface area contributed by atoms with Crippen molar-refractivity contribution in [2.45, 2.75) is 25.3 Å². The first-order valence-corrected chi connectivity index (χ1v) is 7.27. The van der Waals surface area contributed by atoms with Gasteiger partial charge in [0, 0.05) is 12.6 Å². The van der Waals surface area contributed by atoms with E-state index in [1.165, 1.54) is 0 Å². The molecule has 114 valence electrons. The number of carbonyl (C=O) groups excluding carboxylic acids is 2. The van der Waals surface area contributed by atoms with Crippen LogP contribution < -0.4 is 10.6 Å². The van der Waals surface area contributed by atoms with Gasteiger partial charge in [0.15, 0.2) is 0 Å². The summed E-state index contributed by atoms with van der Waals surface area (Å²) < 4.78 is 0. The van der Waals surface area contributed by atoms with Crippen molar-refractivity contribution in [3.8, 4) is 0 Å². The highest BCUT2D eigenvalue weighted by Gasteiger charge is 2.24. The van der Waals surface area contributed by atoms with Crippen LogP contribution in [-0.4, -0.2) is 54.9 Å². The molecular weight excluding hydrogens is 268 g/mol. The molecule has 0 aliphatic heterocycles. The van der Waals surface area contributed by atoms with Crippen molar-refractivity contribution >= 4 is 11.8 Å². The maximum atomic E-state index is 12.0. The van der Waals surface area contributed by atoms with Gasteiger partial charge in [-0.15, -0.1) is 0 Å². The highest BCUT2D eigenvalue weighted by atomic mass is 16.2. The average molecular weight is 290 g/mol. The molecule has 1 saturated carbocycles. The van der Waals surface area contributed by atoms with Gasteiger partial charge in [-0.25, -0.2) is 4.98 Å². The summed E-state index contributed by atoms with van der Waals surface area (Å²) >= 11 is 0. The van der Waals surface area contributed by atoms with Crippen molar-refractivity contribution in [2.75, 3.05) is 27.2 Å². The minimum atomic E-state index is -0.241. The molecule has 1 fully saturated rings. The zero-order chi connectivity index (χ0) is 15.2. The molecule has 2 amide bonds. The highest BCUT2D eigenvalue weighted by Crippen LogP contribution is 2.19. The Morgan fingerprint density at radius 3 is 2.52 bits per heavy atom. The minimum Gasteiger partial charge on any atom is -0.351 e. The third-order valence-corrected chi connectivity index (χ3v) is 3.19. The number of aromatic nitrogens is 1. The first-order chi connectivity index (χ1) is 10.1. The smallest absolute Gasteiger partial charge is 0.270 e. The van der Waals surface area contributed by atoms with Gasteiger partial charge in [-0.1, -0.05) is 6.07 Å². The van der Waals surface area contributed by atoms with E-state index in [4.69, 9.17) is 0 Å². The van der Waals surface area contributed by atoms with E-state index in [1.54, 1.807) is 18.2 Å². The molecule has 0 spiro atoms. The first-order valence-electron chi connectivity index (χ1n) is 7.27. The number of hydrogen-bond donors (Lipinski definition) is 2. The molecule has 0 unspecified atom stereocenters. The van der Waals surface area contributed by atoms with Gasteiger partial charge < -0.3 is 15.5 Å². The second kappa shape index (κ2) is 7.17. The zero-order valence-corrected chi connectivity index (χ0v) is 12.6. The van der Waals surface area contributed by atoms with E-state index in [0.29, 0.717) is 12.2 Å². The van der Waals surface area contributed by atoms with Crippen LogP contribution in [0.25, 0.3) is 0 Å². The average Bonchev–Trinajstić information content (AvgIpc) is 3.27. The van der Waals surface area contributed by atoms with Crippen molar-refractivity contribution in [1.82, 2.24) is 20.5 Å². The molecule has 6 heteroatoms. The Morgan fingerprint density at radius 1 is 1.24 bits per heavy atom. The summed E-state index contributed by atoms with van der Waals surface area (Å²) in [6.45, 7) is 1.51. The number of pyridine rings is 1. The first kappa shape index (κ1) is 15.4. The van der Waals surface area contributed by atoms with E-state index < -0.39 is 0 Å². The molecule has 0 radical (unpaired) electrons. The number of nitrogens with zero attached hydrogens (tertiary/aromatic N) is 2. The van der Waals surface area contributed by atoms with Crippen LogP contribution in [0.4, 0.5) is 0 Å². The summed E-state index contributed by atoms with van der Waals surface area (Å²) in [5.74, 6) is -0.449. The van der Waals surface area contributed by atoms with E-state index >= 15 is 0 Å². The Balaban J connectivity index is 1.86. The molecule has 0 saturated heterocycles. The van der Waals surface area contributed by atoms with E-state index in [2.05, 4.69) is 20.5 Å². The van der Waals surface area contributed by atoms with Crippen LogP contribution in [0.2, 0.25) is 0 Å². The molecule has 21 heavy (non-hydrogen) atoms. The minimum absolute atomic E-state index is 0.209. The summed E-state index contributed by atoms with van der Waals surface area (Å²) in [5.41, 5.74) is 0.575. The number of amides is 2. The second-order valence-electron chi connectivity index (χ2n) is 5.57. The number of rotatable bonds is 7. The lowest BCUT2D eigenvalue weighted by Crippen LogP contribution is -2.30. The Labute approximate surface area is 124 Å². The number of hydrogen-bond acceptors (Lipinski definition) is 4. The van der Waals surface area contributed by atoms with E-state index in [9.17, 15) is 9.59 Å². The molecule has 1 aromatic rings. The van der Waals surface area contributed by atoms with Crippen LogP contribution in [-0.2, 0) is 0 Å².